The summed E-state index contributed by atoms with van der Waals surface area (Å²) in [7, 11) is 0. The Kier molecular flexibility index (Phi) is 3.28. The summed E-state index contributed by atoms with van der Waals surface area (Å²) < 4.78 is 53.3. The number of hydrogen-bond acceptors (Lipinski definition) is 3. The highest BCUT2D eigenvalue weighted by molar-refractivity contribution is 5.69. The van der Waals surface area contributed by atoms with Gasteiger partial charge in [-0.3, -0.25) is 4.98 Å². The highest BCUT2D eigenvalue weighted by Gasteiger charge is 2.32. The molecular formula is C12H8F4N2O. The number of rotatable bonds is 2. The summed E-state index contributed by atoms with van der Waals surface area (Å²) in [5.74, 6) is -1.12. The number of halogens is 4. The van der Waals surface area contributed by atoms with Gasteiger partial charge in [-0.25, -0.2) is 4.39 Å². The van der Waals surface area contributed by atoms with E-state index in [1.165, 1.54) is 18.3 Å². The highest BCUT2D eigenvalue weighted by Crippen LogP contribution is 2.32. The number of pyridine rings is 1. The lowest BCUT2D eigenvalue weighted by Gasteiger charge is -2.12. The van der Waals surface area contributed by atoms with Crippen molar-refractivity contribution in [2.24, 2.45) is 0 Å². The lowest BCUT2D eigenvalue weighted by molar-refractivity contribution is -0.274. The normalized spacial score (nSPS) is 11.4. The monoisotopic (exact) mass is 272 g/mol. The highest BCUT2D eigenvalue weighted by atomic mass is 19.4. The van der Waals surface area contributed by atoms with Gasteiger partial charge in [-0.15, -0.1) is 13.2 Å². The van der Waals surface area contributed by atoms with Gasteiger partial charge < -0.3 is 10.5 Å². The van der Waals surface area contributed by atoms with E-state index < -0.39 is 17.9 Å². The molecule has 3 nitrogen and oxygen atoms in total. The van der Waals surface area contributed by atoms with Crippen LogP contribution in [0, 0.1) is 5.82 Å². The van der Waals surface area contributed by atoms with Gasteiger partial charge in [0.1, 0.15) is 5.82 Å². The Bertz CT molecular complexity index is 599. The molecule has 0 bridgehead atoms. The first-order valence-corrected chi connectivity index (χ1v) is 5.11. The fourth-order valence-corrected chi connectivity index (χ4v) is 1.50. The third kappa shape index (κ3) is 3.34. The number of nitrogen functional groups attached to an aromatic ring is 1. The van der Waals surface area contributed by atoms with Crippen LogP contribution in [-0.2, 0) is 0 Å². The summed E-state index contributed by atoms with van der Waals surface area (Å²) in [4.78, 5) is 3.62. The van der Waals surface area contributed by atoms with Gasteiger partial charge in [-0.1, -0.05) is 6.07 Å². The number of benzene rings is 1. The fraction of sp³-hybridized carbons (Fsp3) is 0.0833. The summed E-state index contributed by atoms with van der Waals surface area (Å²) in [6.45, 7) is 0. The molecular weight excluding hydrogens is 264 g/mol. The maximum absolute atomic E-state index is 13.0. The number of hydrogen-bond donors (Lipinski definition) is 1. The van der Waals surface area contributed by atoms with Gasteiger partial charge >= 0.3 is 6.36 Å². The van der Waals surface area contributed by atoms with Gasteiger partial charge in [0.15, 0.2) is 5.75 Å². The molecule has 2 N–H and O–H groups in total. The molecule has 0 saturated heterocycles. The summed E-state index contributed by atoms with van der Waals surface area (Å²) in [6.07, 6.45) is -2.52. The first-order chi connectivity index (χ1) is 8.85. The zero-order chi connectivity index (χ0) is 14.0. The Hall–Kier alpha value is -2.31. The number of alkyl halides is 3. The Morgan fingerprint density at radius 3 is 2.42 bits per heavy atom. The minimum absolute atomic E-state index is 0.162. The van der Waals surface area contributed by atoms with Crippen molar-refractivity contribution in [1.29, 1.82) is 0 Å². The molecule has 0 aliphatic rings. The standard InChI is InChI=1S/C12H8F4N2O/c13-9-3-8(5-18-6-9)7-1-2-10(17)11(4-7)19-12(14,15)16/h1-6H,17H2. The molecule has 100 valence electrons. The number of ether oxygens (including phenoxy) is 1. The molecule has 0 aliphatic carbocycles. The molecule has 0 aliphatic heterocycles. The van der Waals surface area contributed by atoms with Crippen molar-refractivity contribution >= 4 is 5.69 Å². The van der Waals surface area contributed by atoms with Crippen molar-refractivity contribution in [1.82, 2.24) is 4.98 Å². The summed E-state index contributed by atoms with van der Waals surface area (Å²) in [5.41, 5.74) is 5.87. The molecule has 19 heavy (non-hydrogen) atoms. The minimum Gasteiger partial charge on any atom is -0.404 e. The molecule has 0 fully saturated rings. The predicted molar refractivity (Wildman–Crippen MR) is 60.7 cm³/mol. The SMILES string of the molecule is Nc1ccc(-c2cncc(F)c2)cc1OC(F)(F)F. The van der Waals surface area contributed by atoms with Crippen molar-refractivity contribution < 1.29 is 22.3 Å². The van der Waals surface area contributed by atoms with E-state index in [1.54, 1.807) is 0 Å². The molecule has 0 saturated carbocycles. The van der Waals surface area contributed by atoms with E-state index in [-0.39, 0.29) is 5.69 Å². The van der Waals surface area contributed by atoms with E-state index in [1.807, 2.05) is 0 Å². The number of anilines is 1. The molecule has 2 aromatic rings. The zero-order valence-electron chi connectivity index (χ0n) is 9.41. The molecule has 7 heteroatoms. The molecule has 0 radical (unpaired) electrons. The first kappa shape index (κ1) is 13.1. The second kappa shape index (κ2) is 4.75. The summed E-state index contributed by atoms with van der Waals surface area (Å²) >= 11 is 0. The Labute approximate surface area is 105 Å². The molecule has 1 aromatic carbocycles. The van der Waals surface area contributed by atoms with Crippen LogP contribution in [0.15, 0.2) is 36.7 Å². The average Bonchev–Trinajstić information content (AvgIpc) is 2.30. The lowest BCUT2D eigenvalue weighted by atomic mass is 10.1. The van der Waals surface area contributed by atoms with Crippen LogP contribution in [0.25, 0.3) is 11.1 Å². The van der Waals surface area contributed by atoms with E-state index in [9.17, 15) is 17.6 Å². The van der Waals surface area contributed by atoms with Crippen molar-refractivity contribution in [3.05, 3.63) is 42.5 Å². The second-order valence-corrected chi connectivity index (χ2v) is 3.69. The van der Waals surface area contributed by atoms with Crippen molar-refractivity contribution in [2.45, 2.75) is 6.36 Å². The molecule has 1 aromatic heterocycles. The van der Waals surface area contributed by atoms with Gasteiger partial charge in [0.25, 0.3) is 0 Å². The van der Waals surface area contributed by atoms with E-state index in [2.05, 4.69) is 9.72 Å². The topological polar surface area (TPSA) is 48.1 Å². The van der Waals surface area contributed by atoms with Gasteiger partial charge in [-0.2, -0.15) is 0 Å². The maximum atomic E-state index is 13.0. The van der Waals surface area contributed by atoms with Crippen LogP contribution >= 0.6 is 0 Å². The molecule has 0 spiro atoms. The molecule has 2 rings (SSSR count). The fourth-order valence-electron chi connectivity index (χ4n) is 1.50. The number of aromatic nitrogens is 1. The lowest BCUT2D eigenvalue weighted by Crippen LogP contribution is -2.18. The maximum Gasteiger partial charge on any atom is 0.573 e. The van der Waals surface area contributed by atoms with Crippen LogP contribution in [0.3, 0.4) is 0 Å². The van der Waals surface area contributed by atoms with Crippen LogP contribution in [0.5, 0.6) is 5.75 Å². The second-order valence-electron chi connectivity index (χ2n) is 3.69. The van der Waals surface area contributed by atoms with Gasteiger partial charge in [0, 0.05) is 11.8 Å². The average molecular weight is 272 g/mol. The van der Waals surface area contributed by atoms with Crippen molar-refractivity contribution in [2.75, 3.05) is 5.73 Å². The summed E-state index contributed by atoms with van der Waals surface area (Å²) in [5, 5.41) is 0. The summed E-state index contributed by atoms with van der Waals surface area (Å²) in [6, 6.07) is 4.94. The van der Waals surface area contributed by atoms with Crippen LogP contribution in [0.1, 0.15) is 0 Å². The molecule has 1 heterocycles. The number of nitrogens with zero attached hydrogens (tertiary/aromatic N) is 1. The largest absolute Gasteiger partial charge is 0.573 e. The smallest absolute Gasteiger partial charge is 0.404 e. The van der Waals surface area contributed by atoms with Crippen molar-refractivity contribution in [3.63, 3.8) is 0 Å². The Morgan fingerprint density at radius 2 is 1.79 bits per heavy atom. The predicted octanol–water partition coefficient (Wildman–Crippen LogP) is 3.37. The minimum atomic E-state index is -4.84. The van der Waals surface area contributed by atoms with E-state index in [0.717, 1.165) is 18.3 Å². The van der Waals surface area contributed by atoms with Crippen LogP contribution < -0.4 is 10.5 Å². The van der Waals surface area contributed by atoms with Crippen LogP contribution in [0.2, 0.25) is 0 Å². The quantitative estimate of drug-likeness (QED) is 0.673. The van der Waals surface area contributed by atoms with E-state index in [4.69, 9.17) is 5.73 Å². The van der Waals surface area contributed by atoms with Crippen LogP contribution in [0.4, 0.5) is 23.2 Å². The van der Waals surface area contributed by atoms with Gasteiger partial charge in [-0.05, 0) is 23.8 Å². The van der Waals surface area contributed by atoms with Gasteiger partial charge in [0.05, 0.1) is 11.9 Å². The molecule has 0 unspecified atom stereocenters. The third-order valence-corrected chi connectivity index (χ3v) is 2.28. The zero-order valence-corrected chi connectivity index (χ0v) is 9.41. The van der Waals surface area contributed by atoms with Gasteiger partial charge in [0.2, 0.25) is 0 Å². The number of nitrogens with two attached hydrogens (primary N) is 1. The molecule has 0 atom stereocenters. The first-order valence-electron chi connectivity index (χ1n) is 5.11. The molecule has 0 amide bonds. The van der Waals surface area contributed by atoms with E-state index >= 15 is 0 Å². The Morgan fingerprint density at radius 1 is 1.05 bits per heavy atom. The van der Waals surface area contributed by atoms with Crippen LogP contribution in [-0.4, -0.2) is 11.3 Å². The van der Waals surface area contributed by atoms with E-state index in [0.29, 0.717) is 11.1 Å². The third-order valence-electron chi connectivity index (χ3n) is 2.28. The van der Waals surface area contributed by atoms with Crippen molar-refractivity contribution in [3.8, 4) is 16.9 Å². The Balaban J connectivity index is 2.41.